The Morgan fingerprint density at radius 3 is 1.43 bits per heavy atom. The molecular weight excluding hydrogens is 506 g/mol. The van der Waals surface area contributed by atoms with Crippen molar-refractivity contribution in [2.45, 2.75) is 125 Å². The monoisotopic (exact) mass is 562 g/mol. The van der Waals surface area contributed by atoms with E-state index in [-0.39, 0.29) is 26.4 Å². The zero-order chi connectivity index (χ0) is 28.2. The van der Waals surface area contributed by atoms with Crippen LogP contribution in [0.25, 0.3) is 0 Å². The van der Waals surface area contributed by atoms with E-state index in [0.29, 0.717) is 6.42 Å². The Balaban J connectivity index is 4.72. The van der Waals surface area contributed by atoms with Gasteiger partial charge in [-0.15, -0.1) is 0 Å². The van der Waals surface area contributed by atoms with E-state index < -0.39 is 20.6 Å². The lowest BCUT2D eigenvalue weighted by atomic mass is 10.0. The zero-order valence-electron chi connectivity index (χ0n) is 25.1. The van der Waals surface area contributed by atoms with Crippen molar-refractivity contribution in [2.24, 2.45) is 0 Å². The zero-order valence-corrected chi connectivity index (χ0v) is 26.8. The second kappa shape index (κ2) is 21.4. The summed E-state index contributed by atoms with van der Waals surface area (Å²) in [6, 6.07) is 0. The molecule has 0 bridgehead atoms. The molecule has 0 saturated heterocycles. The van der Waals surface area contributed by atoms with Crippen LogP contribution in [0.5, 0.6) is 0 Å². The van der Waals surface area contributed by atoms with Crippen LogP contribution in [0.2, 0.25) is 0 Å². The van der Waals surface area contributed by atoms with Gasteiger partial charge in [0.25, 0.3) is 0 Å². The van der Waals surface area contributed by atoms with Crippen molar-refractivity contribution in [1.82, 2.24) is 0 Å². The molecule has 0 N–H and O–H groups in total. The van der Waals surface area contributed by atoms with E-state index in [2.05, 4.69) is 45.9 Å². The van der Waals surface area contributed by atoms with Gasteiger partial charge in [-0.1, -0.05) is 54.2 Å². The fourth-order valence-electron chi connectivity index (χ4n) is 4.14. The molecule has 6 nitrogen and oxygen atoms in total. The molecule has 0 spiro atoms. The summed E-state index contributed by atoms with van der Waals surface area (Å²) in [6.45, 7) is 16.6. The van der Waals surface area contributed by atoms with Crippen LogP contribution >= 0.6 is 15.2 Å². The fourth-order valence-corrected chi connectivity index (χ4v) is 9.60. The quantitative estimate of drug-likeness (QED) is 0.0701. The van der Waals surface area contributed by atoms with Crippen LogP contribution in [-0.2, 0) is 27.2 Å². The predicted octanol–water partition coefficient (Wildman–Crippen LogP) is 10.6. The fraction of sp³-hybridized carbons (Fsp3) is 0.793. The molecule has 8 heteroatoms. The number of rotatable bonds is 23. The van der Waals surface area contributed by atoms with Gasteiger partial charge in [0, 0.05) is 0 Å². The average Bonchev–Trinajstić information content (AvgIpc) is 2.81. The first-order chi connectivity index (χ1) is 17.6. The van der Waals surface area contributed by atoms with Crippen LogP contribution in [0.15, 0.2) is 34.9 Å². The minimum absolute atomic E-state index is 0.211. The summed E-state index contributed by atoms with van der Waals surface area (Å²) in [7, 11) is -7.29. The van der Waals surface area contributed by atoms with Gasteiger partial charge in [-0.3, -0.25) is 9.13 Å². The van der Waals surface area contributed by atoms with Gasteiger partial charge in [0.1, 0.15) is 0 Å². The Hall–Kier alpha value is -0.480. The molecule has 0 unspecified atom stereocenters. The number of unbranched alkanes of at least 4 members (excludes halogenated alkanes) is 4. The van der Waals surface area contributed by atoms with Crippen molar-refractivity contribution in [3.05, 3.63) is 34.9 Å². The summed E-state index contributed by atoms with van der Waals surface area (Å²) < 4.78 is 49.4. The van der Waals surface area contributed by atoms with Crippen LogP contribution in [0, 0.1) is 0 Å². The lowest BCUT2D eigenvalue weighted by Gasteiger charge is -2.31. The third-order valence-corrected chi connectivity index (χ3v) is 12.1. The molecule has 0 fully saturated rings. The molecule has 0 amide bonds. The van der Waals surface area contributed by atoms with Crippen LogP contribution < -0.4 is 0 Å². The van der Waals surface area contributed by atoms with E-state index in [4.69, 9.17) is 18.1 Å². The van der Waals surface area contributed by atoms with Crippen LogP contribution in [0.1, 0.15) is 120 Å². The average molecular weight is 563 g/mol. The van der Waals surface area contributed by atoms with Crippen molar-refractivity contribution in [3.8, 4) is 0 Å². The SMILES string of the molecule is CCOP(=O)(OCC)C(CCCCCC/C=C(\C)CC/C=C(\C)CCC=C(C)C)P(=O)(OCC)OCC. The third-order valence-electron chi connectivity index (χ3n) is 6.00. The number of hydrogen-bond acceptors (Lipinski definition) is 6. The smallest absolute Gasteiger partial charge is 0.308 e. The highest BCUT2D eigenvalue weighted by atomic mass is 31.2. The first kappa shape index (κ1) is 36.5. The van der Waals surface area contributed by atoms with E-state index in [1.807, 2.05) is 0 Å². The molecule has 0 rings (SSSR count). The first-order valence-corrected chi connectivity index (χ1v) is 17.5. The van der Waals surface area contributed by atoms with Gasteiger partial charge in [0.15, 0.2) is 5.40 Å². The van der Waals surface area contributed by atoms with Gasteiger partial charge in [-0.2, -0.15) is 0 Å². The van der Waals surface area contributed by atoms with Gasteiger partial charge >= 0.3 is 15.2 Å². The second-order valence-corrected chi connectivity index (χ2v) is 14.5. The molecule has 0 aromatic heterocycles. The number of hydrogen-bond donors (Lipinski definition) is 0. The molecule has 0 aromatic carbocycles. The molecule has 218 valence electrons. The topological polar surface area (TPSA) is 71.1 Å². The standard InChI is InChI=1S/C29H56O6P2/c1-9-32-36(30,33-10-2)29(37(31,34-11-3)35-12-4)25-17-15-13-14-16-21-27(7)23-19-24-28(8)22-18-20-26(5)6/h20-21,24,29H,9-19,22-23,25H2,1-8H3/b27-21+,28-24+. The first-order valence-electron chi connectivity index (χ1n) is 14.3. The van der Waals surface area contributed by atoms with Crippen molar-refractivity contribution in [3.63, 3.8) is 0 Å². The maximum atomic E-state index is 13.6. The molecule has 0 radical (unpaired) electrons. The minimum atomic E-state index is -3.64. The van der Waals surface area contributed by atoms with Crippen LogP contribution in [0.4, 0.5) is 0 Å². The van der Waals surface area contributed by atoms with Crippen LogP contribution in [0.3, 0.4) is 0 Å². The Bertz CT molecular complexity index is 733. The highest BCUT2D eigenvalue weighted by Gasteiger charge is 2.50. The Morgan fingerprint density at radius 2 is 1.00 bits per heavy atom. The normalized spacial score (nSPS) is 13.4. The van der Waals surface area contributed by atoms with E-state index in [1.165, 1.54) is 16.7 Å². The minimum Gasteiger partial charge on any atom is -0.308 e. The van der Waals surface area contributed by atoms with Gasteiger partial charge in [-0.05, 0) is 100 Å². The second-order valence-electron chi connectivity index (χ2n) is 9.68. The van der Waals surface area contributed by atoms with Gasteiger partial charge in [0.05, 0.1) is 26.4 Å². The molecule has 0 aromatic rings. The molecule has 0 saturated carbocycles. The largest absolute Gasteiger partial charge is 0.345 e. The summed E-state index contributed by atoms with van der Waals surface area (Å²) in [5.74, 6) is 0. The number of allylic oxidation sites excluding steroid dienone is 6. The molecule has 0 heterocycles. The summed E-state index contributed by atoms with van der Waals surface area (Å²) in [6.07, 6.45) is 16.9. The van der Waals surface area contributed by atoms with Gasteiger partial charge < -0.3 is 18.1 Å². The van der Waals surface area contributed by atoms with Crippen molar-refractivity contribution in [1.29, 1.82) is 0 Å². The van der Waals surface area contributed by atoms with Crippen molar-refractivity contribution < 1.29 is 27.2 Å². The molecular formula is C29H56O6P2. The summed E-state index contributed by atoms with van der Waals surface area (Å²) in [5.41, 5.74) is 4.30. The maximum absolute atomic E-state index is 13.6. The molecule has 37 heavy (non-hydrogen) atoms. The van der Waals surface area contributed by atoms with E-state index >= 15 is 0 Å². The summed E-state index contributed by atoms with van der Waals surface area (Å²) in [4.78, 5) is 0. The summed E-state index contributed by atoms with van der Waals surface area (Å²) >= 11 is 0. The van der Waals surface area contributed by atoms with Gasteiger partial charge in [0.2, 0.25) is 0 Å². The summed E-state index contributed by atoms with van der Waals surface area (Å²) in [5, 5.41) is -0.902. The van der Waals surface area contributed by atoms with E-state index in [1.54, 1.807) is 27.7 Å². The van der Waals surface area contributed by atoms with E-state index in [0.717, 1.165) is 57.8 Å². The highest BCUT2D eigenvalue weighted by Crippen LogP contribution is 2.71. The maximum Gasteiger partial charge on any atom is 0.345 e. The van der Waals surface area contributed by atoms with E-state index in [9.17, 15) is 9.13 Å². The van der Waals surface area contributed by atoms with Crippen LogP contribution in [-0.4, -0.2) is 31.8 Å². The lowest BCUT2D eigenvalue weighted by molar-refractivity contribution is 0.193. The van der Waals surface area contributed by atoms with Crippen molar-refractivity contribution >= 4 is 15.2 Å². The van der Waals surface area contributed by atoms with Crippen molar-refractivity contribution in [2.75, 3.05) is 26.4 Å². The Kier molecular flexibility index (Phi) is 21.1. The molecule has 0 aliphatic carbocycles. The lowest BCUT2D eigenvalue weighted by Crippen LogP contribution is -2.18. The Labute approximate surface area is 228 Å². The Morgan fingerprint density at radius 1 is 0.595 bits per heavy atom. The molecule has 0 aliphatic rings. The molecule has 0 atom stereocenters. The highest BCUT2D eigenvalue weighted by molar-refractivity contribution is 7.72. The molecule has 0 aliphatic heterocycles. The van der Waals surface area contributed by atoms with Gasteiger partial charge in [-0.25, -0.2) is 0 Å². The third kappa shape index (κ3) is 16.3. The predicted molar refractivity (Wildman–Crippen MR) is 159 cm³/mol.